The van der Waals surface area contributed by atoms with Gasteiger partial charge in [0.05, 0.1) is 23.1 Å². The smallest absolute Gasteiger partial charge is 0.233 e. The average molecular weight is 322 g/mol. The largest absolute Gasteiger partial charge is 0.286 e. The molecule has 1 amide bonds. The molecule has 0 bridgehead atoms. The van der Waals surface area contributed by atoms with Gasteiger partial charge in [-0.05, 0) is 31.0 Å². The molecule has 0 saturated carbocycles. The van der Waals surface area contributed by atoms with Crippen LogP contribution in [0.4, 0.5) is 0 Å². The zero-order chi connectivity index (χ0) is 16.2. The fourth-order valence-corrected chi connectivity index (χ4v) is 3.62. The Hall–Kier alpha value is -1.99. The average Bonchev–Trinajstić information content (AvgIpc) is 2.51. The zero-order valence-corrected chi connectivity index (χ0v) is 13.0. The third-order valence-electron chi connectivity index (χ3n) is 3.44. The Labute approximate surface area is 129 Å². The van der Waals surface area contributed by atoms with Crippen LogP contribution in [0.1, 0.15) is 18.9 Å². The monoisotopic (exact) mass is 322 g/mol. The Morgan fingerprint density at radius 1 is 1.36 bits per heavy atom. The summed E-state index contributed by atoms with van der Waals surface area (Å²) in [5, 5.41) is 10.6. The summed E-state index contributed by atoms with van der Waals surface area (Å²) < 4.78 is 24.3. The lowest BCUT2D eigenvalue weighted by atomic mass is 10.2. The molecule has 6 nitrogen and oxygen atoms in total. The van der Waals surface area contributed by atoms with Gasteiger partial charge in [-0.1, -0.05) is 18.2 Å². The van der Waals surface area contributed by atoms with Crippen LogP contribution in [-0.4, -0.2) is 41.9 Å². The van der Waals surface area contributed by atoms with Crippen molar-refractivity contribution in [3.8, 4) is 0 Å². The molecule has 1 aromatic heterocycles. The molecule has 118 valence electrons. The zero-order valence-electron chi connectivity index (χ0n) is 12.2. The number of carbonyl (C=O) groups is 1. The van der Waals surface area contributed by atoms with Crippen LogP contribution >= 0.6 is 0 Å². The first-order valence-electron chi connectivity index (χ1n) is 6.88. The van der Waals surface area contributed by atoms with Crippen molar-refractivity contribution < 1.29 is 18.4 Å². The van der Waals surface area contributed by atoms with E-state index in [0.29, 0.717) is 10.6 Å². The molecule has 0 spiro atoms. The summed E-state index contributed by atoms with van der Waals surface area (Å²) in [4.78, 5) is 14.6. The van der Waals surface area contributed by atoms with Gasteiger partial charge < -0.3 is 0 Å². The van der Waals surface area contributed by atoms with E-state index in [0.717, 1.165) is 10.9 Å². The Morgan fingerprint density at radius 3 is 2.82 bits per heavy atom. The van der Waals surface area contributed by atoms with Crippen molar-refractivity contribution in [2.75, 3.05) is 5.75 Å². The number of amides is 1. The van der Waals surface area contributed by atoms with Gasteiger partial charge >= 0.3 is 0 Å². The maximum Gasteiger partial charge on any atom is 0.233 e. The van der Waals surface area contributed by atoms with E-state index >= 15 is 0 Å². The molecule has 0 aliphatic heterocycles. The number of benzene rings is 1. The highest BCUT2D eigenvalue weighted by Crippen LogP contribution is 2.15. The number of nitrogens with zero attached hydrogens (tertiary/aromatic N) is 2. The number of para-hydroxylation sites is 1. The second-order valence-electron chi connectivity index (χ2n) is 5.25. The van der Waals surface area contributed by atoms with Crippen molar-refractivity contribution in [1.29, 1.82) is 0 Å². The second kappa shape index (κ2) is 6.85. The van der Waals surface area contributed by atoms with E-state index in [1.807, 2.05) is 30.3 Å². The number of hydrogen-bond donors (Lipinski definition) is 1. The molecule has 1 unspecified atom stereocenters. The summed E-state index contributed by atoms with van der Waals surface area (Å²) in [6.45, 7) is 1.58. The number of pyridine rings is 1. The number of hydroxylamine groups is 2. The number of rotatable bonds is 7. The highest BCUT2D eigenvalue weighted by Gasteiger charge is 2.17. The molecule has 0 radical (unpaired) electrons. The highest BCUT2D eigenvalue weighted by atomic mass is 32.2. The molecular formula is C15H18N2O4S. The van der Waals surface area contributed by atoms with E-state index in [-0.39, 0.29) is 24.3 Å². The Bertz CT molecular complexity index is 761. The quantitative estimate of drug-likeness (QED) is 0.477. The summed E-state index contributed by atoms with van der Waals surface area (Å²) in [5.41, 5.74) is 1.45. The first-order valence-corrected chi connectivity index (χ1v) is 8.70. The highest BCUT2D eigenvalue weighted by molar-refractivity contribution is 7.90. The van der Waals surface area contributed by atoms with E-state index in [2.05, 4.69) is 4.98 Å². The van der Waals surface area contributed by atoms with Gasteiger partial charge in [-0.3, -0.25) is 15.0 Å². The minimum absolute atomic E-state index is 0.105. The minimum atomic E-state index is -3.33. The minimum Gasteiger partial charge on any atom is -0.286 e. The van der Waals surface area contributed by atoms with Crippen molar-refractivity contribution in [2.24, 2.45) is 0 Å². The molecule has 1 aromatic carbocycles. The molecule has 1 atom stereocenters. The third kappa shape index (κ3) is 4.25. The fraction of sp³-hybridized carbons (Fsp3) is 0.333. The van der Waals surface area contributed by atoms with E-state index in [1.54, 1.807) is 13.1 Å². The van der Waals surface area contributed by atoms with Crippen molar-refractivity contribution in [3.05, 3.63) is 42.1 Å². The first kappa shape index (κ1) is 16.4. The first-order chi connectivity index (χ1) is 10.4. The topological polar surface area (TPSA) is 87.6 Å². The van der Waals surface area contributed by atoms with E-state index in [9.17, 15) is 18.4 Å². The summed E-state index contributed by atoms with van der Waals surface area (Å²) in [5.74, 6) is -0.212. The predicted octanol–water partition coefficient (Wildman–Crippen LogP) is 1.78. The van der Waals surface area contributed by atoms with Crippen LogP contribution in [0.5, 0.6) is 0 Å². The summed E-state index contributed by atoms with van der Waals surface area (Å²) in [6.07, 6.45) is 2.01. The van der Waals surface area contributed by atoms with Crippen LogP contribution in [0.15, 0.2) is 36.5 Å². The lowest BCUT2D eigenvalue weighted by Crippen LogP contribution is -2.30. The van der Waals surface area contributed by atoms with Crippen LogP contribution in [0.2, 0.25) is 0 Å². The number of carbonyl (C=O) groups excluding carboxylic acids is 1. The fourth-order valence-electron chi connectivity index (χ4n) is 2.11. The predicted molar refractivity (Wildman–Crippen MR) is 83.0 cm³/mol. The Kier molecular flexibility index (Phi) is 5.10. The molecule has 7 heteroatoms. The molecule has 2 aromatic rings. The van der Waals surface area contributed by atoms with Gasteiger partial charge in [0.2, 0.25) is 6.41 Å². The maximum absolute atomic E-state index is 12.1. The van der Waals surface area contributed by atoms with Crippen molar-refractivity contribution in [3.63, 3.8) is 0 Å². The van der Waals surface area contributed by atoms with Crippen molar-refractivity contribution in [1.82, 2.24) is 10.0 Å². The van der Waals surface area contributed by atoms with Crippen LogP contribution in [0, 0.1) is 0 Å². The molecular weight excluding hydrogens is 304 g/mol. The SMILES string of the molecule is CC(CCS(=O)(=O)Cc1cnc2ccccc2c1)N(O)C=O. The molecule has 0 fully saturated rings. The number of hydrogen-bond acceptors (Lipinski definition) is 5. The van der Waals surface area contributed by atoms with Gasteiger partial charge in [0.1, 0.15) is 0 Å². The van der Waals surface area contributed by atoms with Gasteiger partial charge in [-0.25, -0.2) is 13.5 Å². The molecule has 0 saturated heterocycles. The van der Waals surface area contributed by atoms with Crippen molar-refractivity contribution in [2.45, 2.75) is 25.1 Å². The van der Waals surface area contributed by atoms with Crippen molar-refractivity contribution >= 4 is 27.2 Å². The molecule has 1 N–H and O–H groups in total. The Balaban J connectivity index is 2.05. The number of sulfone groups is 1. The van der Waals surface area contributed by atoms with E-state index in [1.165, 1.54) is 0 Å². The summed E-state index contributed by atoms with van der Waals surface area (Å²) >= 11 is 0. The molecule has 2 rings (SSSR count). The van der Waals surface area contributed by atoms with Gasteiger partial charge in [-0.15, -0.1) is 0 Å². The third-order valence-corrected chi connectivity index (χ3v) is 5.07. The number of aromatic nitrogens is 1. The van der Waals surface area contributed by atoms with Crippen LogP contribution < -0.4 is 0 Å². The van der Waals surface area contributed by atoms with Crippen LogP contribution in [0.25, 0.3) is 10.9 Å². The lowest BCUT2D eigenvalue weighted by Gasteiger charge is -2.17. The van der Waals surface area contributed by atoms with Gasteiger partial charge in [-0.2, -0.15) is 0 Å². The van der Waals surface area contributed by atoms with Crippen LogP contribution in [0.3, 0.4) is 0 Å². The molecule has 0 aliphatic rings. The van der Waals surface area contributed by atoms with Crippen LogP contribution in [-0.2, 0) is 20.4 Å². The van der Waals surface area contributed by atoms with Gasteiger partial charge in [0.25, 0.3) is 0 Å². The second-order valence-corrected chi connectivity index (χ2v) is 7.44. The van der Waals surface area contributed by atoms with Gasteiger partial charge in [0, 0.05) is 11.6 Å². The Morgan fingerprint density at radius 2 is 2.09 bits per heavy atom. The lowest BCUT2D eigenvalue weighted by molar-refractivity contribution is -0.158. The molecule has 0 aliphatic carbocycles. The summed E-state index contributed by atoms with van der Waals surface area (Å²) in [7, 11) is -3.33. The maximum atomic E-state index is 12.1. The normalized spacial score (nSPS) is 13.0. The standard InChI is InChI=1S/C15H18N2O4S/c1-12(17(19)11-18)6-7-22(20,21)10-13-8-14-4-2-3-5-15(14)16-9-13/h2-5,8-9,11-12,19H,6-7,10H2,1H3. The molecule has 22 heavy (non-hydrogen) atoms. The summed E-state index contributed by atoms with van der Waals surface area (Å²) in [6, 6.07) is 8.77. The van der Waals surface area contributed by atoms with Gasteiger partial charge in [0.15, 0.2) is 9.84 Å². The van der Waals surface area contributed by atoms with E-state index < -0.39 is 15.9 Å². The molecule has 1 heterocycles. The number of fused-ring (bicyclic) bond motifs is 1. The van der Waals surface area contributed by atoms with E-state index in [4.69, 9.17) is 0 Å².